The van der Waals surface area contributed by atoms with E-state index in [1.165, 1.54) is 23.9 Å². The molecule has 2 aromatic heterocycles. The van der Waals surface area contributed by atoms with Crippen LogP contribution in [0.1, 0.15) is 5.76 Å². The van der Waals surface area contributed by atoms with E-state index in [-0.39, 0.29) is 5.88 Å². The van der Waals surface area contributed by atoms with E-state index in [2.05, 4.69) is 15.2 Å². The fourth-order valence-electron chi connectivity index (χ4n) is 2.64. The van der Waals surface area contributed by atoms with Gasteiger partial charge >= 0.3 is 5.88 Å². The zero-order valence-electron chi connectivity index (χ0n) is 15.0. The lowest BCUT2D eigenvalue weighted by Crippen LogP contribution is -1.98. The van der Waals surface area contributed by atoms with Crippen molar-refractivity contribution in [2.75, 3.05) is 0 Å². The minimum Gasteiger partial charge on any atom is -0.401 e. The van der Waals surface area contributed by atoms with Gasteiger partial charge in [-0.15, -0.1) is 10.2 Å². The van der Waals surface area contributed by atoms with Crippen LogP contribution in [0.4, 0.5) is 5.88 Å². The number of rotatable bonds is 6. The molecule has 0 aliphatic rings. The molecule has 0 saturated carbocycles. The summed E-state index contributed by atoms with van der Waals surface area (Å²) in [4.78, 5) is 14.8. The van der Waals surface area contributed by atoms with Crippen molar-refractivity contribution in [3.63, 3.8) is 0 Å². The molecule has 0 spiro atoms. The molecule has 0 N–H and O–H groups in total. The first-order valence-electron chi connectivity index (χ1n) is 8.64. The van der Waals surface area contributed by atoms with Crippen molar-refractivity contribution >= 4 is 23.7 Å². The Balaban J connectivity index is 1.63. The van der Waals surface area contributed by atoms with Crippen molar-refractivity contribution in [3.8, 4) is 22.5 Å². The number of aromatic nitrogens is 3. The quantitative estimate of drug-likeness (QED) is 0.240. The van der Waals surface area contributed by atoms with Crippen molar-refractivity contribution in [1.29, 1.82) is 0 Å². The number of hydrogen-bond acceptors (Lipinski definition) is 7. The van der Waals surface area contributed by atoms with Gasteiger partial charge in [0.25, 0.3) is 0 Å². The van der Waals surface area contributed by atoms with E-state index < -0.39 is 4.92 Å². The second kappa shape index (κ2) is 8.49. The van der Waals surface area contributed by atoms with Crippen LogP contribution in [0.25, 0.3) is 28.6 Å². The SMILES string of the molecule is O=[N+]([O-])c1ccc(/C=C/Sc2nnc(-c3ccccc3)c(-c3ccccc3)n2)o1. The molecule has 7 nitrogen and oxygen atoms in total. The standard InChI is InChI=1S/C21H14N4O3S/c26-25(27)18-12-11-17(28-18)13-14-29-21-22-19(15-7-3-1-4-8-15)20(23-24-21)16-9-5-2-6-10-16/h1-14H/b14-13+. The molecule has 0 atom stereocenters. The Morgan fingerprint density at radius 3 is 2.14 bits per heavy atom. The molecule has 29 heavy (non-hydrogen) atoms. The van der Waals surface area contributed by atoms with E-state index >= 15 is 0 Å². The third-order valence-corrected chi connectivity index (χ3v) is 4.62. The van der Waals surface area contributed by atoms with Gasteiger partial charge in [0, 0.05) is 11.1 Å². The smallest absolute Gasteiger partial charge is 0.401 e. The minimum absolute atomic E-state index is 0.300. The average Bonchev–Trinajstić information content (AvgIpc) is 3.24. The number of nitro groups is 1. The van der Waals surface area contributed by atoms with Gasteiger partial charge in [0.1, 0.15) is 22.1 Å². The lowest BCUT2D eigenvalue weighted by atomic mass is 10.0. The molecule has 0 unspecified atom stereocenters. The largest absolute Gasteiger partial charge is 0.433 e. The lowest BCUT2D eigenvalue weighted by molar-refractivity contribution is -0.402. The Morgan fingerprint density at radius 2 is 1.52 bits per heavy atom. The van der Waals surface area contributed by atoms with Gasteiger partial charge in [-0.05, 0) is 17.6 Å². The molecular formula is C21H14N4O3S. The van der Waals surface area contributed by atoms with Crippen LogP contribution in [0.2, 0.25) is 0 Å². The third kappa shape index (κ3) is 4.39. The first-order chi connectivity index (χ1) is 14.2. The topological polar surface area (TPSA) is 95.0 Å². The first kappa shape index (κ1) is 18.6. The van der Waals surface area contributed by atoms with Crippen LogP contribution in [0, 0.1) is 10.1 Å². The molecule has 0 radical (unpaired) electrons. The van der Waals surface area contributed by atoms with E-state index in [1.807, 2.05) is 60.7 Å². The van der Waals surface area contributed by atoms with Gasteiger partial charge in [-0.2, -0.15) is 0 Å². The van der Waals surface area contributed by atoms with E-state index in [1.54, 1.807) is 11.5 Å². The van der Waals surface area contributed by atoms with Gasteiger partial charge in [0.2, 0.25) is 5.16 Å². The van der Waals surface area contributed by atoms with Crippen LogP contribution in [-0.2, 0) is 0 Å². The Hall–Kier alpha value is -3.78. The number of benzene rings is 2. The summed E-state index contributed by atoms with van der Waals surface area (Å²) in [7, 11) is 0. The summed E-state index contributed by atoms with van der Waals surface area (Å²) in [6.45, 7) is 0. The van der Waals surface area contributed by atoms with Crippen molar-refractivity contribution in [1.82, 2.24) is 15.2 Å². The molecule has 0 aliphatic heterocycles. The average molecular weight is 402 g/mol. The molecule has 2 aromatic carbocycles. The molecular weight excluding hydrogens is 388 g/mol. The molecule has 8 heteroatoms. The van der Waals surface area contributed by atoms with Gasteiger partial charge in [-0.25, -0.2) is 4.98 Å². The number of furan rings is 1. The summed E-state index contributed by atoms with van der Waals surface area (Å²) in [5.41, 5.74) is 3.30. The summed E-state index contributed by atoms with van der Waals surface area (Å²) in [5, 5.41) is 21.5. The van der Waals surface area contributed by atoms with E-state index in [0.717, 1.165) is 16.8 Å². The molecule has 0 aliphatic carbocycles. The summed E-state index contributed by atoms with van der Waals surface area (Å²) in [5.74, 6) is 0.0764. The molecule has 4 aromatic rings. The summed E-state index contributed by atoms with van der Waals surface area (Å²) in [6, 6.07) is 22.4. The second-order valence-electron chi connectivity index (χ2n) is 5.88. The predicted octanol–water partition coefficient (Wildman–Crippen LogP) is 5.47. The summed E-state index contributed by atoms with van der Waals surface area (Å²) in [6.07, 6.45) is 1.62. The third-order valence-electron chi connectivity index (χ3n) is 3.96. The monoisotopic (exact) mass is 402 g/mol. The Morgan fingerprint density at radius 1 is 0.862 bits per heavy atom. The van der Waals surface area contributed by atoms with Crippen LogP contribution in [0.15, 0.2) is 87.8 Å². The van der Waals surface area contributed by atoms with Gasteiger partial charge in [-0.1, -0.05) is 72.4 Å². The van der Waals surface area contributed by atoms with Gasteiger partial charge in [0.15, 0.2) is 0 Å². The maximum Gasteiger partial charge on any atom is 0.433 e. The molecule has 2 heterocycles. The minimum atomic E-state index is -0.577. The van der Waals surface area contributed by atoms with Gasteiger partial charge in [-0.3, -0.25) is 10.1 Å². The Labute approximate surface area is 170 Å². The highest BCUT2D eigenvalue weighted by Gasteiger charge is 2.13. The summed E-state index contributed by atoms with van der Waals surface area (Å²) >= 11 is 1.25. The normalized spacial score (nSPS) is 11.0. The van der Waals surface area contributed by atoms with Crippen LogP contribution in [0.3, 0.4) is 0 Å². The fourth-order valence-corrected chi connectivity index (χ4v) is 3.20. The molecule has 0 fully saturated rings. The maximum absolute atomic E-state index is 10.7. The van der Waals surface area contributed by atoms with Crippen LogP contribution >= 0.6 is 11.8 Å². The lowest BCUT2D eigenvalue weighted by Gasteiger charge is -2.08. The highest BCUT2D eigenvalue weighted by Crippen LogP contribution is 2.30. The predicted molar refractivity (Wildman–Crippen MR) is 111 cm³/mol. The Bertz CT molecular complexity index is 1160. The molecule has 0 saturated heterocycles. The van der Waals surface area contributed by atoms with Gasteiger partial charge in [0.05, 0.1) is 6.07 Å². The van der Waals surface area contributed by atoms with E-state index in [9.17, 15) is 10.1 Å². The van der Waals surface area contributed by atoms with E-state index in [4.69, 9.17) is 4.42 Å². The van der Waals surface area contributed by atoms with Crippen LogP contribution in [-0.4, -0.2) is 20.1 Å². The second-order valence-corrected chi connectivity index (χ2v) is 6.75. The zero-order valence-corrected chi connectivity index (χ0v) is 15.8. The number of hydrogen-bond donors (Lipinski definition) is 0. The van der Waals surface area contributed by atoms with E-state index in [0.29, 0.717) is 16.6 Å². The highest BCUT2D eigenvalue weighted by atomic mass is 32.2. The van der Waals surface area contributed by atoms with Crippen LogP contribution in [0.5, 0.6) is 0 Å². The molecule has 0 bridgehead atoms. The molecule has 4 rings (SSSR count). The van der Waals surface area contributed by atoms with Crippen molar-refractivity contribution in [2.45, 2.75) is 5.16 Å². The first-order valence-corrected chi connectivity index (χ1v) is 9.51. The maximum atomic E-state index is 10.7. The zero-order chi connectivity index (χ0) is 20.1. The van der Waals surface area contributed by atoms with Crippen molar-refractivity contribution < 1.29 is 9.34 Å². The van der Waals surface area contributed by atoms with Crippen molar-refractivity contribution in [3.05, 3.63) is 94.1 Å². The number of thioether (sulfide) groups is 1. The fraction of sp³-hybridized carbons (Fsp3) is 0. The molecule has 142 valence electrons. The van der Waals surface area contributed by atoms with Crippen LogP contribution < -0.4 is 0 Å². The van der Waals surface area contributed by atoms with Gasteiger partial charge < -0.3 is 4.42 Å². The molecule has 0 amide bonds. The number of nitrogens with zero attached hydrogens (tertiary/aromatic N) is 4. The summed E-state index contributed by atoms with van der Waals surface area (Å²) < 4.78 is 5.10. The Kier molecular flexibility index (Phi) is 5.44. The van der Waals surface area contributed by atoms with Crippen molar-refractivity contribution in [2.24, 2.45) is 0 Å². The highest BCUT2D eigenvalue weighted by molar-refractivity contribution is 8.02.